The molecule has 1 atom stereocenters. The van der Waals surface area contributed by atoms with Crippen LogP contribution in [0.25, 0.3) is 0 Å². The fourth-order valence-electron chi connectivity index (χ4n) is 1.66. The molecule has 1 saturated heterocycles. The van der Waals surface area contributed by atoms with E-state index in [0.717, 1.165) is 0 Å². The van der Waals surface area contributed by atoms with E-state index in [9.17, 15) is 8.42 Å². The van der Waals surface area contributed by atoms with Crippen LogP contribution in [0.5, 0.6) is 0 Å². The van der Waals surface area contributed by atoms with Gasteiger partial charge < -0.3 is 5.32 Å². The fraction of sp³-hybridized carbons (Fsp3) is 0.750. The van der Waals surface area contributed by atoms with Crippen LogP contribution >= 0.6 is 0 Å². The Labute approximate surface area is 100.0 Å². The number of rotatable bonds is 4. The maximum absolute atomic E-state index is 12.0. The number of hydrogen-bond acceptors (Lipinski definition) is 5. The van der Waals surface area contributed by atoms with Crippen LogP contribution in [0.4, 0.5) is 0 Å². The lowest BCUT2D eigenvalue weighted by atomic mass is 10.3. The molecular weight excluding hydrogens is 244 g/mol. The maximum Gasteiger partial charge on any atom is 0.280 e. The quantitative estimate of drug-likeness (QED) is 0.618. The van der Waals surface area contributed by atoms with Gasteiger partial charge in [0.25, 0.3) is 10.2 Å². The van der Waals surface area contributed by atoms with Crippen LogP contribution in [0.2, 0.25) is 0 Å². The van der Waals surface area contributed by atoms with Crippen molar-refractivity contribution in [2.45, 2.75) is 13.0 Å². The average molecular weight is 260 g/mol. The molecule has 1 aromatic rings. The van der Waals surface area contributed by atoms with Crippen molar-refractivity contribution in [3.63, 3.8) is 0 Å². The fourth-order valence-corrected chi connectivity index (χ4v) is 3.03. The Balaban J connectivity index is 2.01. The van der Waals surface area contributed by atoms with Crippen LogP contribution < -0.4 is 10.0 Å². The van der Waals surface area contributed by atoms with E-state index in [2.05, 4.69) is 25.2 Å². The van der Waals surface area contributed by atoms with Crippen molar-refractivity contribution in [3.8, 4) is 0 Å². The van der Waals surface area contributed by atoms with Gasteiger partial charge in [-0.05, 0) is 6.92 Å². The number of piperazine rings is 1. The summed E-state index contributed by atoms with van der Waals surface area (Å²) in [4.78, 5) is 3.92. The lowest BCUT2D eigenvalue weighted by Crippen LogP contribution is -2.50. The zero-order valence-electron chi connectivity index (χ0n) is 9.55. The first kappa shape index (κ1) is 12.4. The Hall–Kier alpha value is -1.03. The zero-order valence-corrected chi connectivity index (χ0v) is 10.4. The lowest BCUT2D eigenvalue weighted by Gasteiger charge is -2.27. The van der Waals surface area contributed by atoms with Crippen molar-refractivity contribution < 1.29 is 8.42 Å². The third-order valence-electron chi connectivity index (χ3n) is 2.59. The number of hydrogen-bond donors (Lipinski definition) is 3. The van der Waals surface area contributed by atoms with Crippen LogP contribution in [-0.4, -0.2) is 54.1 Å². The second kappa shape index (κ2) is 5.08. The second-order valence-corrected chi connectivity index (χ2v) is 5.57. The van der Waals surface area contributed by atoms with Gasteiger partial charge in [-0.15, -0.1) is 0 Å². The van der Waals surface area contributed by atoms with Crippen LogP contribution in [0.3, 0.4) is 0 Å². The van der Waals surface area contributed by atoms with Gasteiger partial charge in [0.05, 0.1) is 6.04 Å². The number of aromatic amines is 1. The molecule has 0 spiro atoms. The van der Waals surface area contributed by atoms with E-state index in [1.54, 1.807) is 6.92 Å². The molecule has 8 nitrogen and oxygen atoms in total. The largest absolute Gasteiger partial charge is 0.314 e. The van der Waals surface area contributed by atoms with Crippen molar-refractivity contribution in [2.75, 3.05) is 26.2 Å². The first-order chi connectivity index (χ1) is 8.09. The Kier molecular flexibility index (Phi) is 3.72. The van der Waals surface area contributed by atoms with E-state index < -0.39 is 16.3 Å². The van der Waals surface area contributed by atoms with E-state index in [4.69, 9.17) is 0 Å². The Morgan fingerprint density at radius 3 is 2.76 bits per heavy atom. The maximum atomic E-state index is 12.0. The van der Waals surface area contributed by atoms with Crippen molar-refractivity contribution in [2.24, 2.45) is 0 Å². The molecule has 0 radical (unpaired) electrons. The predicted octanol–water partition coefficient (Wildman–Crippen LogP) is -1.39. The van der Waals surface area contributed by atoms with Crippen molar-refractivity contribution in [3.05, 3.63) is 12.2 Å². The minimum absolute atomic E-state index is 0.419. The molecule has 9 heteroatoms. The first-order valence-electron chi connectivity index (χ1n) is 5.43. The first-order valence-corrected chi connectivity index (χ1v) is 6.87. The third kappa shape index (κ3) is 3.00. The Morgan fingerprint density at radius 2 is 2.18 bits per heavy atom. The minimum atomic E-state index is -3.45. The van der Waals surface area contributed by atoms with Crippen molar-refractivity contribution in [1.29, 1.82) is 0 Å². The Morgan fingerprint density at radius 1 is 1.47 bits per heavy atom. The van der Waals surface area contributed by atoms with Gasteiger partial charge in [-0.1, -0.05) is 0 Å². The summed E-state index contributed by atoms with van der Waals surface area (Å²) < 4.78 is 28.0. The molecule has 0 aromatic carbocycles. The molecule has 1 aliphatic rings. The standard InChI is InChI=1S/C8H16N6O2S/c1-7(8-10-6-11-12-8)13-17(15,16)14-4-2-9-3-5-14/h6-7,9,13H,2-5H2,1H3,(H,10,11,12). The summed E-state index contributed by atoms with van der Waals surface area (Å²) in [7, 11) is -3.45. The highest BCUT2D eigenvalue weighted by molar-refractivity contribution is 7.87. The minimum Gasteiger partial charge on any atom is -0.314 e. The summed E-state index contributed by atoms with van der Waals surface area (Å²) >= 11 is 0. The highest BCUT2D eigenvalue weighted by Gasteiger charge is 2.26. The molecule has 1 fully saturated rings. The molecule has 17 heavy (non-hydrogen) atoms. The molecule has 3 N–H and O–H groups in total. The predicted molar refractivity (Wildman–Crippen MR) is 61.3 cm³/mol. The molecule has 0 saturated carbocycles. The zero-order chi connectivity index (χ0) is 12.3. The molecule has 0 aliphatic carbocycles. The van der Waals surface area contributed by atoms with Gasteiger partial charge in [0.1, 0.15) is 12.2 Å². The van der Waals surface area contributed by atoms with Gasteiger partial charge in [0.2, 0.25) is 0 Å². The summed E-state index contributed by atoms with van der Waals surface area (Å²) in [6.07, 6.45) is 1.35. The molecule has 0 amide bonds. The molecule has 2 rings (SSSR count). The second-order valence-electron chi connectivity index (χ2n) is 3.86. The molecule has 1 aliphatic heterocycles. The van der Waals surface area contributed by atoms with Gasteiger partial charge in [-0.3, -0.25) is 5.10 Å². The van der Waals surface area contributed by atoms with Gasteiger partial charge in [-0.2, -0.15) is 22.5 Å². The summed E-state index contributed by atoms with van der Waals surface area (Å²) in [5.41, 5.74) is 0. The van der Waals surface area contributed by atoms with Crippen LogP contribution in [0.1, 0.15) is 18.8 Å². The normalized spacial score (nSPS) is 20.3. The average Bonchev–Trinajstić information content (AvgIpc) is 2.83. The summed E-state index contributed by atoms with van der Waals surface area (Å²) in [6, 6.07) is -0.419. The smallest absolute Gasteiger partial charge is 0.280 e. The molecular formula is C8H16N6O2S. The number of nitrogens with one attached hydrogen (secondary N) is 3. The van der Waals surface area contributed by atoms with Gasteiger partial charge in [0.15, 0.2) is 0 Å². The lowest BCUT2D eigenvalue weighted by molar-refractivity contribution is 0.351. The van der Waals surface area contributed by atoms with E-state index in [0.29, 0.717) is 32.0 Å². The van der Waals surface area contributed by atoms with Crippen molar-refractivity contribution >= 4 is 10.2 Å². The van der Waals surface area contributed by atoms with Gasteiger partial charge in [0, 0.05) is 26.2 Å². The van der Waals surface area contributed by atoms with E-state index >= 15 is 0 Å². The highest BCUT2D eigenvalue weighted by atomic mass is 32.2. The monoisotopic (exact) mass is 260 g/mol. The number of nitrogens with zero attached hydrogens (tertiary/aromatic N) is 3. The molecule has 96 valence electrons. The summed E-state index contributed by atoms with van der Waals surface area (Å²) in [6.45, 7) is 4.05. The van der Waals surface area contributed by atoms with Gasteiger partial charge >= 0.3 is 0 Å². The van der Waals surface area contributed by atoms with Crippen molar-refractivity contribution in [1.82, 2.24) is 29.5 Å². The van der Waals surface area contributed by atoms with Gasteiger partial charge in [-0.25, -0.2) is 4.98 Å². The topological polar surface area (TPSA) is 103 Å². The van der Waals surface area contributed by atoms with Crippen LogP contribution in [-0.2, 0) is 10.2 Å². The van der Waals surface area contributed by atoms with E-state index in [-0.39, 0.29) is 0 Å². The molecule has 1 aromatic heterocycles. The summed E-state index contributed by atoms with van der Waals surface area (Å²) in [5, 5.41) is 9.44. The number of aromatic nitrogens is 3. The Bertz CT molecular complexity index is 439. The highest BCUT2D eigenvalue weighted by Crippen LogP contribution is 2.09. The van der Waals surface area contributed by atoms with E-state index in [1.807, 2.05) is 0 Å². The number of H-pyrrole nitrogens is 1. The molecule has 1 unspecified atom stereocenters. The SMILES string of the molecule is CC(NS(=O)(=O)N1CCNCC1)c1ncn[nH]1. The third-order valence-corrected chi connectivity index (χ3v) is 4.28. The van der Waals surface area contributed by atoms with Crippen LogP contribution in [0.15, 0.2) is 6.33 Å². The summed E-state index contributed by atoms with van der Waals surface area (Å²) in [5.74, 6) is 0.503. The molecule has 2 heterocycles. The molecule has 0 bridgehead atoms. The van der Waals surface area contributed by atoms with E-state index in [1.165, 1.54) is 10.6 Å². The van der Waals surface area contributed by atoms with Crippen LogP contribution in [0, 0.1) is 0 Å².